The van der Waals surface area contributed by atoms with Gasteiger partial charge in [0.15, 0.2) is 0 Å². The summed E-state index contributed by atoms with van der Waals surface area (Å²) in [6.45, 7) is 1.08. The second-order valence-electron chi connectivity index (χ2n) is 4.43. The smallest absolute Gasteiger partial charge is 0.306 e. The van der Waals surface area contributed by atoms with E-state index < -0.39 is 0 Å². The summed E-state index contributed by atoms with van der Waals surface area (Å²) in [6, 6.07) is 9.60. The van der Waals surface area contributed by atoms with Crippen LogP contribution in [0, 0.1) is 0 Å². The van der Waals surface area contributed by atoms with Gasteiger partial charge in [0.2, 0.25) is 11.8 Å². The van der Waals surface area contributed by atoms with Gasteiger partial charge in [-0.25, -0.2) is 0 Å². The van der Waals surface area contributed by atoms with Crippen LogP contribution in [-0.2, 0) is 16.1 Å². The molecule has 2 rings (SSSR count). The second-order valence-corrected chi connectivity index (χ2v) is 4.43. The van der Waals surface area contributed by atoms with E-state index in [1.54, 1.807) is 0 Å². The molecule has 1 heterocycles. The topological polar surface area (TPSA) is 68.5 Å². The van der Waals surface area contributed by atoms with Gasteiger partial charge in [0, 0.05) is 12.1 Å². The number of methoxy groups -OCH3 is 1. The van der Waals surface area contributed by atoms with Crippen LogP contribution in [-0.4, -0.2) is 41.8 Å². The lowest BCUT2D eigenvalue weighted by Gasteiger charge is -2.12. The van der Waals surface area contributed by atoms with Crippen LogP contribution < -0.4 is 0 Å². The van der Waals surface area contributed by atoms with Crippen LogP contribution in [0.3, 0.4) is 0 Å². The molecule has 0 atom stereocenters. The Hall–Kier alpha value is -2.21. The first-order valence-electron chi connectivity index (χ1n) is 6.32. The van der Waals surface area contributed by atoms with Gasteiger partial charge in [0.25, 0.3) is 0 Å². The number of rotatable bonds is 6. The maximum absolute atomic E-state index is 11.1. The Morgan fingerprint density at radius 2 is 2.05 bits per heavy atom. The molecule has 0 aliphatic rings. The van der Waals surface area contributed by atoms with Gasteiger partial charge in [-0.3, -0.25) is 9.69 Å². The van der Waals surface area contributed by atoms with Crippen LogP contribution in [0.1, 0.15) is 12.3 Å². The van der Waals surface area contributed by atoms with Crippen molar-refractivity contribution in [2.75, 3.05) is 20.7 Å². The molecule has 0 aliphatic heterocycles. The molecule has 0 saturated carbocycles. The van der Waals surface area contributed by atoms with Crippen molar-refractivity contribution in [2.24, 2.45) is 0 Å². The number of esters is 1. The lowest BCUT2D eigenvalue weighted by molar-refractivity contribution is -0.140. The quantitative estimate of drug-likeness (QED) is 0.748. The molecule has 6 nitrogen and oxygen atoms in total. The molecule has 0 saturated heterocycles. The number of nitrogens with zero attached hydrogens (tertiary/aromatic N) is 3. The minimum absolute atomic E-state index is 0.229. The summed E-state index contributed by atoms with van der Waals surface area (Å²) in [6.07, 6.45) is 0.340. The summed E-state index contributed by atoms with van der Waals surface area (Å²) in [7, 11) is 3.27. The molecule has 0 aliphatic carbocycles. The molecule has 6 heteroatoms. The lowest BCUT2D eigenvalue weighted by Crippen LogP contribution is -2.22. The van der Waals surface area contributed by atoms with E-state index in [1.807, 2.05) is 42.3 Å². The molecule has 0 fully saturated rings. The van der Waals surface area contributed by atoms with Crippen LogP contribution >= 0.6 is 0 Å². The largest absolute Gasteiger partial charge is 0.469 e. The molecule has 0 spiro atoms. The Kier molecular flexibility index (Phi) is 4.84. The summed E-state index contributed by atoms with van der Waals surface area (Å²) < 4.78 is 10.2. The minimum atomic E-state index is -0.229. The molecule has 0 amide bonds. The third kappa shape index (κ3) is 3.89. The average molecular weight is 275 g/mol. The Labute approximate surface area is 117 Å². The van der Waals surface area contributed by atoms with Crippen molar-refractivity contribution in [1.29, 1.82) is 0 Å². The van der Waals surface area contributed by atoms with Crippen molar-refractivity contribution in [3.8, 4) is 11.5 Å². The molecular weight excluding hydrogens is 258 g/mol. The summed E-state index contributed by atoms with van der Waals surface area (Å²) >= 11 is 0. The predicted octanol–water partition coefficient (Wildman–Crippen LogP) is 1.73. The number of carbonyl (C=O) groups excluding carboxylic acids is 1. The predicted molar refractivity (Wildman–Crippen MR) is 72.7 cm³/mol. The van der Waals surface area contributed by atoms with E-state index in [0.29, 0.717) is 31.3 Å². The zero-order valence-corrected chi connectivity index (χ0v) is 11.6. The summed E-state index contributed by atoms with van der Waals surface area (Å²) in [5.74, 6) is 0.797. The first kappa shape index (κ1) is 14.2. The van der Waals surface area contributed by atoms with Crippen LogP contribution in [0.25, 0.3) is 11.5 Å². The van der Waals surface area contributed by atoms with Crippen molar-refractivity contribution in [3.63, 3.8) is 0 Å². The highest BCUT2D eigenvalue weighted by Gasteiger charge is 2.11. The fraction of sp³-hybridized carbons (Fsp3) is 0.357. The fourth-order valence-corrected chi connectivity index (χ4v) is 1.71. The maximum Gasteiger partial charge on any atom is 0.306 e. The Morgan fingerprint density at radius 1 is 1.30 bits per heavy atom. The standard InChI is InChI=1S/C14H17N3O3/c1-17(9-8-13(18)19-2)10-12-15-16-14(20-12)11-6-4-3-5-7-11/h3-7H,8-10H2,1-2H3. The van der Waals surface area contributed by atoms with E-state index in [4.69, 9.17) is 4.42 Å². The molecule has 106 valence electrons. The van der Waals surface area contributed by atoms with E-state index >= 15 is 0 Å². The van der Waals surface area contributed by atoms with Crippen LogP contribution in [0.5, 0.6) is 0 Å². The second kappa shape index (κ2) is 6.81. The minimum Gasteiger partial charge on any atom is -0.469 e. The van der Waals surface area contributed by atoms with Crippen LogP contribution in [0.15, 0.2) is 34.7 Å². The molecule has 0 N–H and O–H groups in total. The molecule has 0 unspecified atom stereocenters. The van der Waals surface area contributed by atoms with Gasteiger partial charge < -0.3 is 9.15 Å². The highest BCUT2D eigenvalue weighted by Crippen LogP contribution is 2.17. The number of aromatic nitrogens is 2. The molecule has 1 aromatic carbocycles. The number of benzene rings is 1. The van der Waals surface area contributed by atoms with Gasteiger partial charge in [0.05, 0.1) is 20.1 Å². The normalized spacial score (nSPS) is 10.8. The van der Waals surface area contributed by atoms with Crippen molar-refractivity contribution < 1.29 is 13.9 Å². The van der Waals surface area contributed by atoms with Gasteiger partial charge in [-0.2, -0.15) is 0 Å². The molecule has 2 aromatic rings. The van der Waals surface area contributed by atoms with Gasteiger partial charge >= 0.3 is 5.97 Å². The molecule has 1 aromatic heterocycles. The highest BCUT2D eigenvalue weighted by molar-refractivity contribution is 5.69. The number of carbonyl (C=O) groups is 1. The van der Waals surface area contributed by atoms with Gasteiger partial charge in [0.1, 0.15) is 0 Å². The molecule has 20 heavy (non-hydrogen) atoms. The van der Waals surface area contributed by atoms with Crippen molar-refractivity contribution in [2.45, 2.75) is 13.0 Å². The Bertz CT molecular complexity index is 554. The van der Waals surface area contributed by atoms with Gasteiger partial charge in [-0.05, 0) is 19.2 Å². The zero-order valence-electron chi connectivity index (χ0n) is 11.6. The maximum atomic E-state index is 11.1. The molecular formula is C14H17N3O3. The highest BCUT2D eigenvalue weighted by atomic mass is 16.5. The van der Waals surface area contributed by atoms with Crippen molar-refractivity contribution in [3.05, 3.63) is 36.2 Å². The number of ether oxygens (including phenoxy) is 1. The summed E-state index contributed by atoms with van der Waals surface area (Å²) in [5, 5.41) is 8.02. The van der Waals surface area contributed by atoms with Gasteiger partial charge in [-0.1, -0.05) is 18.2 Å². The van der Waals surface area contributed by atoms with E-state index in [9.17, 15) is 4.79 Å². The first-order valence-corrected chi connectivity index (χ1v) is 6.32. The fourth-order valence-electron chi connectivity index (χ4n) is 1.71. The van der Waals surface area contributed by atoms with Crippen molar-refractivity contribution in [1.82, 2.24) is 15.1 Å². The summed E-state index contributed by atoms with van der Waals surface area (Å²) in [4.78, 5) is 13.0. The molecule has 0 radical (unpaired) electrons. The van der Waals surface area contributed by atoms with Crippen LogP contribution in [0.4, 0.5) is 0 Å². The Morgan fingerprint density at radius 3 is 2.75 bits per heavy atom. The van der Waals surface area contributed by atoms with E-state index in [1.165, 1.54) is 7.11 Å². The zero-order chi connectivity index (χ0) is 14.4. The average Bonchev–Trinajstić information content (AvgIpc) is 2.94. The number of hydrogen-bond donors (Lipinski definition) is 0. The third-order valence-electron chi connectivity index (χ3n) is 2.82. The SMILES string of the molecule is COC(=O)CCN(C)Cc1nnc(-c2ccccc2)o1. The van der Waals surface area contributed by atoms with E-state index in [2.05, 4.69) is 14.9 Å². The Balaban J connectivity index is 1.91. The third-order valence-corrected chi connectivity index (χ3v) is 2.82. The number of hydrogen-bond acceptors (Lipinski definition) is 6. The van der Waals surface area contributed by atoms with Crippen molar-refractivity contribution >= 4 is 5.97 Å². The van der Waals surface area contributed by atoms with E-state index in [-0.39, 0.29) is 5.97 Å². The van der Waals surface area contributed by atoms with E-state index in [0.717, 1.165) is 5.56 Å². The summed E-state index contributed by atoms with van der Waals surface area (Å²) in [5.41, 5.74) is 0.892. The van der Waals surface area contributed by atoms with Gasteiger partial charge in [-0.15, -0.1) is 10.2 Å². The lowest BCUT2D eigenvalue weighted by atomic mass is 10.2. The van der Waals surface area contributed by atoms with Crippen LogP contribution in [0.2, 0.25) is 0 Å². The first-order chi connectivity index (χ1) is 9.69. The monoisotopic (exact) mass is 275 g/mol. The molecule has 0 bridgehead atoms.